The third-order valence-electron chi connectivity index (χ3n) is 5.80. The molecule has 1 atom stereocenters. The summed E-state index contributed by atoms with van der Waals surface area (Å²) < 4.78 is 26.8. The van der Waals surface area contributed by atoms with Gasteiger partial charge in [-0.15, -0.1) is 0 Å². The van der Waals surface area contributed by atoms with E-state index in [0.717, 1.165) is 26.3 Å². The Kier molecular flexibility index (Phi) is 6.69. The number of nitrogens with one attached hydrogen (secondary N) is 3. The third kappa shape index (κ3) is 4.81. The van der Waals surface area contributed by atoms with Gasteiger partial charge in [-0.2, -0.15) is 0 Å². The van der Waals surface area contributed by atoms with Crippen LogP contribution in [0.3, 0.4) is 0 Å². The molecule has 1 unspecified atom stereocenters. The van der Waals surface area contributed by atoms with Gasteiger partial charge in [-0.3, -0.25) is 10.1 Å². The Balaban J connectivity index is 1.45. The summed E-state index contributed by atoms with van der Waals surface area (Å²) in [7, 11) is -3.70. The lowest BCUT2D eigenvalue weighted by Crippen LogP contribution is -2.29. The minimum atomic E-state index is -3.70. The van der Waals surface area contributed by atoms with Gasteiger partial charge in [-0.1, -0.05) is 60.3 Å². The largest absolute Gasteiger partial charge is 0.364 e. The Bertz CT molecular complexity index is 1600. The summed E-state index contributed by atoms with van der Waals surface area (Å²) in [4.78, 5) is 20.3. The highest BCUT2D eigenvalue weighted by atomic mass is 32.2. The van der Waals surface area contributed by atoms with Crippen molar-refractivity contribution >= 4 is 38.4 Å². The van der Waals surface area contributed by atoms with Crippen LogP contribution in [0.15, 0.2) is 112 Å². The quantitative estimate of drug-likeness (QED) is 0.220. The molecule has 5 N–H and O–H groups in total. The molecular formula is C27H24N4O3S2. The molecule has 0 saturated carbocycles. The summed E-state index contributed by atoms with van der Waals surface area (Å²) in [5.74, 6) is -0.537. The Labute approximate surface area is 213 Å². The molecule has 0 aliphatic rings. The number of primary amides is 1. The molecule has 5 rings (SSSR count). The van der Waals surface area contributed by atoms with Crippen LogP contribution in [-0.4, -0.2) is 24.3 Å². The lowest BCUT2D eigenvalue weighted by Gasteiger charge is -2.19. The number of carbonyl (C=O) groups is 1. The van der Waals surface area contributed by atoms with Gasteiger partial charge < -0.3 is 15.7 Å². The van der Waals surface area contributed by atoms with Crippen LogP contribution in [0.4, 0.5) is 0 Å². The normalized spacial score (nSPS) is 12.6. The van der Waals surface area contributed by atoms with E-state index in [0.29, 0.717) is 11.4 Å². The third-order valence-corrected chi connectivity index (χ3v) is 8.91. The van der Waals surface area contributed by atoms with Gasteiger partial charge in [0.25, 0.3) is 5.91 Å². The molecule has 7 nitrogen and oxygen atoms in total. The van der Waals surface area contributed by atoms with E-state index in [1.54, 1.807) is 48.7 Å². The molecule has 0 spiro atoms. The lowest BCUT2D eigenvalue weighted by atomic mass is 10.1. The van der Waals surface area contributed by atoms with Crippen LogP contribution in [0, 0.1) is 0 Å². The zero-order valence-electron chi connectivity index (χ0n) is 19.1. The van der Waals surface area contributed by atoms with Crippen molar-refractivity contribution in [2.24, 2.45) is 5.73 Å². The maximum absolute atomic E-state index is 13.4. The number of aromatic amines is 2. The van der Waals surface area contributed by atoms with Crippen molar-refractivity contribution < 1.29 is 13.2 Å². The molecule has 2 heterocycles. The molecule has 0 radical (unpaired) electrons. The van der Waals surface area contributed by atoms with E-state index in [2.05, 4.69) is 15.3 Å². The molecule has 0 aliphatic heterocycles. The smallest absolute Gasteiger partial charge is 0.266 e. The van der Waals surface area contributed by atoms with Crippen molar-refractivity contribution in [3.05, 3.63) is 114 Å². The van der Waals surface area contributed by atoms with Crippen LogP contribution in [0.1, 0.15) is 27.1 Å². The summed E-state index contributed by atoms with van der Waals surface area (Å²) in [5, 5.41) is 3.11. The number of amides is 1. The molecule has 0 aliphatic carbocycles. The molecule has 182 valence electrons. The van der Waals surface area contributed by atoms with E-state index in [9.17, 15) is 13.2 Å². The van der Waals surface area contributed by atoms with E-state index in [1.165, 1.54) is 11.8 Å². The zero-order valence-corrected chi connectivity index (χ0v) is 20.8. The van der Waals surface area contributed by atoms with E-state index in [1.807, 2.05) is 48.5 Å². The van der Waals surface area contributed by atoms with E-state index < -0.39 is 21.1 Å². The van der Waals surface area contributed by atoms with Crippen molar-refractivity contribution in [1.82, 2.24) is 15.3 Å². The molecule has 2 aromatic heterocycles. The molecule has 0 bridgehead atoms. The fourth-order valence-electron chi connectivity index (χ4n) is 4.07. The number of nitrogens with two attached hydrogens (primary N) is 1. The predicted octanol–water partition coefficient (Wildman–Crippen LogP) is 5.01. The number of hydrogen-bond acceptors (Lipinski definition) is 5. The van der Waals surface area contributed by atoms with Gasteiger partial charge in [-0.05, 0) is 48.0 Å². The highest BCUT2D eigenvalue weighted by molar-refractivity contribution is 7.99. The summed E-state index contributed by atoms with van der Waals surface area (Å²) in [6.07, 6.45) is 1.70. The minimum Gasteiger partial charge on any atom is -0.364 e. The van der Waals surface area contributed by atoms with E-state index in [-0.39, 0.29) is 11.4 Å². The van der Waals surface area contributed by atoms with Crippen molar-refractivity contribution in [2.75, 3.05) is 0 Å². The van der Waals surface area contributed by atoms with Gasteiger partial charge in [0.2, 0.25) is 0 Å². The summed E-state index contributed by atoms with van der Waals surface area (Å²) in [5.41, 5.74) is 8.17. The Morgan fingerprint density at radius 2 is 1.67 bits per heavy atom. The summed E-state index contributed by atoms with van der Waals surface area (Å²) in [6, 6.07) is 27.4. The Hall–Kier alpha value is -3.79. The van der Waals surface area contributed by atoms with E-state index in [4.69, 9.17) is 5.73 Å². The number of sulfone groups is 1. The fourth-order valence-corrected chi connectivity index (χ4v) is 6.73. The van der Waals surface area contributed by atoms with Crippen molar-refractivity contribution in [3.8, 4) is 0 Å². The molecule has 3 aromatic carbocycles. The van der Waals surface area contributed by atoms with Gasteiger partial charge in [0.15, 0.2) is 15.2 Å². The van der Waals surface area contributed by atoms with Gasteiger partial charge in [-0.25, -0.2) is 8.42 Å². The maximum atomic E-state index is 13.4. The van der Waals surface area contributed by atoms with Crippen molar-refractivity contribution in [3.63, 3.8) is 0 Å². The number of carbonyl (C=O) groups excluding carboxylic acids is 1. The second-order valence-electron chi connectivity index (χ2n) is 8.23. The second kappa shape index (κ2) is 10.1. The summed E-state index contributed by atoms with van der Waals surface area (Å²) >= 11 is 1.47. The molecule has 1 amide bonds. The molecular weight excluding hydrogens is 492 g/mol. The Morgan fingerprint density at radius 3 is 2.33 bits per heavy atom. The standard InChI is InChI=1S/C27H24N4O3S2/c28-26(32)24-25(35-19-8-3-1-4-9-19)21-14-13-18(16-23(21)31-24)17-30-27(22-12-7-15-29-22)36(33,34)20-10-5-2-6-11-20/h1-16,27,29-31H,17H2,(H2,28,32). The first-order valence-corrected chi connectivity index (χ1v) is 13.6. The average molecular weight is 517 g/mol. The zero-order chi connectivity index (χ0) is 25.1. The van der Waals surface area contributed by atoms with Crippen LogP contribution in [0.5, 0.6) is 0 Å². The second-order valence-corrected chi connectivity index (χ2v) is 11.3. The first-order valence-electron chi connectivity index (χ1n) is 11.3. The maximum Gasteiger partial charge on any atom is 0.266 e. The van der Waals surface area contributed by atoms with Crippen molar-refractivity contribution in [2.45, 2.75) is 26.6 Å². The van der Waals surface area contributed by atoms with E-state index >= 15 is 0 Å². The van der Waals surface area contributed by atoms with Crippen LogP contribution in [0.2, 0.25) is 0 Å². The van der Waals surface area contributed by atoms with Gasteiger partial charge >= 0.3 is 0 Å². The monoisotopic (exact) mass is 516 g/mol. The predicted molar refractivity (Wildman–Crippen MR) is 141 cm³/mol. The van der Waals surface area contributed by atoms with Gasteiger partial charge in [0, 0.05) is 34.2 Å². The van der Waals surface area contributed by atoms with Gasteiger partial charge in [0.1, 0.15) is 5.69 Å². The van der Waals surface area contributed by atoms with Gasteiger partial charge in [0.05, 0.1) is 9.79 Å². The minimum absolute atomic E-state index is 0.241. The number of fused-ring (bicyclic) bond motifs is 1. The number of benzene rings is 3. The first-order chi connectivity index (χ1) is 17.4. The van der Waals surface area contributed by atoms with Crippen LogP contribution >= 0.6 is 11.8 Å². The highest BCUT2D eigenvalue weighted by Crippen LogP contribution is 2.37. The number of aromatic nitrogens is 2. The molecule has 0 fully saturated rings. The van der Waals surface area contributed by atoms with Crippen LogP contribution in [-0.2, 0) is 16.4 Å². The molecule has 36 heavy (non-hydrogen) atoms. The first kappa shape index (κ1) is 23.9. The topological polar surface area (TPSA) is 121 Å². The fraction of sp³-hybridized carbons (Fsp3) is 0.0741. The van der Waals surface area contributed by atoms with Crippen LogP contribution in [0.25, 0.3) is 10.9 Å². The highest BCUT2D eigenvalue weighted by Gasteiger charge is 2.29. The SMILES string of the molecule is NC(=O)c1[nH]c2cc(CNC(c3ccc[nH]3)S(=O)(=O)c3ccccc3)ccc2c1Sc1ccccc1. The number of H-pyrrole nitrogens is 2. The van der Waals surface area contributed by atoms with Crippen molar-refractivity contribution in [1.29, 1.82) is 0 Å². The Morgan fingerprint density at radius 1 is 0.944 bits per heavy atom. The molecule has 5 aromatic rings. The van der Waals surface area contributed by atoms with Crippen LogP contribution < -0.4 is 11.1 Å². The number of rotatable bonds is 9. The average Bonchev–Trinajstić information content (AvgIpc) is 3.54. The summed E-state index contributed by atoms with van der Waals surface area (Å²) in [6.45, 7) is 0.289. The number of hydrogen-bond donors (Lipinski definition) is 4. The lowest BCUT2D eigenvalue weighted by molar-refractivity contribution is 0.0993. The molecule has 9 heteroatoms. The molecule has 0 saturated heterocycles.